The Hall–Kier alpha value is -1.61. The molecule has 1 saturated heterocycles. The van der Waals surface area contributed by atoms with Crippen molar-refractivity contribution >= 4 is 23.3 Å². The molecule has 0 unspecified atom stereocenters. The molecule has 21 heavy (non-hydrogen) atoms. The van der Waals surface area contributed by atoms with Gasteiger partial charge < -0.3 is 9.13 Å². The number of terminal acetylenes is 1. The van der Waals surface area contributed by atoms with Crippen LogP contribution in [0, 0.1) is 17.1 Å². The van der Waals surface area contributed by atoms with Crippen LogP contribution >= 0.6 is 12.2 Å². The van der Waals surface area contributed by atoms with Crippen LogP contribution in [0.3, 0.4) is 0 Å². The van der Waals surface area contributed by atoms with Crippen molar-refractivity contribution in [2.45, 2.75) is 6.67 Å². The molecule has 0 amide bonds. The minimum atomic E-state index is 0.752. The molecule has 1 aromatic heterocycles. The highest BCUT2D eigenvalue weighted by Gasteiger charge is 2.17. The number of aromatic nitrogens is 2. The number of hydrogen-bond acceptors (Lipinski definition) is 3. The molecule has 2 aromatic rings. The third-order valence-electron chi connectivity index (χ3n) is 4.17. The number of benzene rings is 1. The van der Waals surface area contributed by atoms with E-state index in [0.717, 1.165) is 44.2 Å². The van der Waals surface area contributed by atoms with E-state index in [9.17, 15) is 0 Å². The zero-order valence-electron chi connectivity index (χ0n) is 12.3. The molecule has 0 N–H and O–H groups in total. The van der Waals surface area contributed by atoms with Crippen molar-refractivity contribution in [2.75, 3.05) is 32.7 Å². The van der Waals surface area contributed by atoms with E-state index in [2.05, 4.69) is 49.1 Å². The fourth-order valence-electron chi connectivity index (χ4n) is 2.92. The number of nitrogens with zero attached hydrogens (tertiary/aromatic N) is 4. The molecule has 2 heterocycles. The predicted molar refractivity (Wildman–Crippen MR) is 88.6 cm³/mol. The maximum absolute atomic E-state index is 5.59. The second-order valence-corrected chi connectivity index (χ2v) is 5.86. The van der Waals surface area contributed by atoms with Gasteiger partial charge in [-0.2, -0.15) is 0 Å². The number of fused-ring (bicyclic) bond motifs is 1. The molecule has 1 fully saturated rings. The second-order valence-electron chi connectivity index (χ2n) is 5.50. The Morgan fingerprint density at radius 3 is 2.38 bits per heavy atom. The van der Waals surface area contributed by atoms with Crippen LogP contribution in [0.15, 0.2) is 24.3 Å². The fraction of sp³-hybridized carbons (Fsp3) is 0.438. The maximum atomic E-state index is 5.59. The van der Waals surface area contributed by atoms with E-state index in [4.69, 9.17) is 18.6 Å². The van der Waals surface area contributed by atoms with Crippen molar-refractivity contribution in [3.05, 3.63) is 29.0 Å². The average Bonchev–Trinajstić information content (AvgIpc) is 2.75. The molecule has 0 radical (unpaired) electrons. The highest BCUT2D eigenvalue weighted by atomic mass is 32.1. The summed E-state index contributed by atoms with van der Waals surface area (Å²) in [4.78, 5) is 4.76. The first-order chi connectivity index (χ1) is 10.2. The molecule has 0 aliphatic carbocycles. The monoisotopic (exact) mass is 300 g/mol. The van der Waals surface area contributed by atoms with Gasteiger partial charge in [0.15, 0.2) is 4.77 Å². The molecule has 0 spiro atoms. The first-order valence-corrected chi connectivity index (χ1v) is 7.64. The van der Waals surface area contributed by atoms with Crippen LogP contribution in [-0.2, 0) is 13.7 Å². The van der Waals surface area contributed by atoms with Gasteiger partial charge in [-0.1, -0.05) is 18.1 Å². The minimum Gasteiger partial charge on any atom is -0.320 e. The van der Waals surface area contributed by atoms with Gasteiger partial charge in [0.25, 0.3) is 0 Å². The summed E-state index contributed by atoms with van der Waals surface area (Å²) in [6.45, 7) is 5.73. The van der Waals surface area contributed by atoms with Crippen molar-refractivity contribution in [3.8, 4) is 12.3 Å². The van der Waals surface area contributed by atoms with Gasteiger partial charge in [-0.15, -0.1) is 6.42 Å². The minimum absolute atomic E-state index is 0.752. The van der Waals surface area contributed by atoms with Crippen molar-refractivity contribution in [1.82, 2.24) is 18.9 Å². The summed E-state index contributed by atoms with van der Waals surface area (Å²) in [5.41, 5.74) is 2.39. The summed E-state index contributed by atoms with van der Waals surface area (Å²) < 4.78 is 5.18. The number of rotatable bonds is 3. The van der Waals surface area contributed by atoms with Crippen LogP contribution < -0.4 is 0 Å². The molecule has 0 saturated carbocycles. The van der Waals surface area contributed by atoms with Crippen LogP contribution in [0.5, 0.6) is 0 Å². The van der Waals surface area contributed by atoms with Crippen LogP contribution in [0.2, 0.25) is 0 Å². The summed E-state index contributed by atoms with van der Waals surface area (Å²) in [5.74, 6) is 2.72. The van der Waals surface area contributed by atoms with E-state index < -0.39 is 0 Å². The summed E-state index contributed by atoms with van der Waals surface area (Å²) in [6.07, 6.45) is 5.38. The summed E-state index contributed by atoms with van der Waals surface area (Å²) in [6, 6.07) is 8.38. The average molecular weight is 300 g/mol. The van der Waals surface area contributed by atoms with Gasteiger partial charge >= 0.3 is 0 Å². The van der Waals surface area contributed by atoms with Gasteiger partial charge in [-0.25, -0.2) is 0 Å². The Kier molecular flexibility index (Phi) is 4.11. The Morgan fingerprint density at radius 2 is 1.71 bits per heavy atom. The number of para-hydroxylation sites is 2. The van der Waals surface area contributed by atoms with Crippen molar-refractivity contribution < 1.29 is 0 Å². The smallest absolute Gasteiger partial charge is 0.181 e. The van der Waals surface area contributed by atoms with Crippen LogP contribution in [0.1, 0.15) is 0 Å². The largest absolute Gasteiger partial charge is 0.320 e. The van der Waals surface area contributed by atoms with Crippen molar-refractivity contribution in [3.63, 3.8) is 0 Å². The SMILES string of the molecule is C#CCN1CCN(Cn2c(=S)n(C)c3ccccc32)CC1. The number of hydrogen-bond donors (Lipinski definition) is 0. The molecular formula is C16H20N4S. The molecule has 5 heteroatoms. The molecule has 3 rings (SSSR count). The van der Waals surface area contributed by atoms with Gasteiger partial charge in [-0.05, 0) is 24.4 Å². The van der Waals surface area contributed by atoms with Gasteiger partial charge in [-0.3, -0.25) is 9.80 Å². The van der Waals surface area contributed by atoms with Gasteiger partial charge in [0.2, 0.25) is 0 Å². The molecule has 1 aliphatic heterocycles. The summed E-state index contributed by atoms with van der Waals surface area (Å²) >= 11 is 5.59. The van der Waals surface area contributed by atoms with Gasteiger partial charge in [0.05, 0.1) is 24.2 Å². The molecule has 0 bridgehead atoms. The van der Waals surface area contributed by atoms with Crippen molar-refractivity contribution in [1.29, 1.82) is 0 Å². The molecule has 4 nitrogen and oxygen atoms in total. The van der Waals surface area contributed by atoms with E-state index in [1.54, 1.807) is 0 Å². The molecule has 1 aromatic carbocycles. The topological polar surface area (TPSA) is 16.3 Å². The fourth-order valence-corrected chi connectivity index (χ4v) is 3.17. The number of aryl methyl sites for hydroxylation is 1. The summed E-state index contributed by atoms with van der Waals surface area (Å²) in [7, 11) is 2.03. The normalized spacial score (nSPS) is 17.1. The Morgan fingerprint density at radius 1 is 1.10 bits per heavy atom. The Balaban J connectivity index is 1.79. The lowest BCUT2D eigenvalue weighted by molar-refractivity contribution is 0.117. The highest BCUT2D eigenvalue weighted by Crippen LogP contribution is 2.17. The third kappa shape index (κ3) is 2.75. The zero-order valence-corrected chi connectivity index (χ0v) is 13.1. The number of imidazole rings is 1. The highest BCUT2D eigenvalue weighted by molar-refractivity contribution is 7.71. The van der Waals surface area contributed by atoms with Crippen LogP contribution in [-0.4, -0.2) is 51.7 Å². The molecule has 1 aliphatic rings. The van der Waals surface area contributed by atoms with E-state index in [0.29, 0.717) is 0 Å². The Bertz CT molecular complexity index is 729. The quantitative estimate of drug-likeness (QED) is 0.636. The predicted octanol–water partition coefficient (Wildman–Crippen LogP) is 1.92. The standard InChI is InChI=1S/C16H20N4S/c1-3-8-18-9-11-19(12-10-18)13-20-15-7-5-4-6-14(15)17(2)16(20)21/h1,4-7H,8-13H2,2H3. The number of piperazine rings is 1. The van der Waals surface area contributed by atoms with Crippen LogP contribution in [0.4, 0.5) is 0 Å². The first kappa shape index (κ1) is 14.3. The molecule has 0 atom stereocenters. The van der Waals surface area contributed by atoms with E-state index in [1.807, 2.05) is 7.05 Å². The van der Waals surface area contributed by atoms with E-state index in [1.165, 1.54) is 11.0 Å². The molecule has 110 valence electrons. The lowest BCUT2D eigenvalue weighted by Crippen LogP contribution is -2.46. The van der Waals surface area contributed by atoms with Crippen LogP contribution in [0.25, 0.3) is 11.0 Å². The molecular weight excluding hydrogens is 280 g/mol. The maximum Gasteiger partial charge on any atom is 0.181 e. The van der Waals surface area contributed by atoms with Crippen molar-refractivity contribution in [2.24, 2.45) is 7.05 Å². The summed E-state index contributed by atoms with van der Waals surface area (Å²) in [5, 5.41) is 0. The van der Waals surface area contributed by atoms with Gasteiger partial charge in [0, 0.05) is 33.2 Å². The zero-order chi connectivity index (χ0) is 14.8. The Labute approximate surface area is 130 Å². The third-order valence-corrected chi connectivity index (χ3v) is 4.67. The first-order valence-electron chi connectivity index (χ1n) is 7.23. The lowest BCUT2D eigenvalue weighted by atomic mass is 10.3. The van der Waals surface area contributed by atoms with Gasteiger partial charge in [0.1, 0.15) is 0 Å². The lowest BCUT2D eigenvalue weighted by Gasteiger charge is -2.33. The second kappa shape index (κ2) is 6.02. The van der Waals surface area contributed by atoms with E-state index >= 15 is 0 Å². The van der Waals surface area contributed by atoms with E-state index in [-0.39, 0.29) is 0 Å².